The molecule has 24 heavy (non-hydrogen) atoms. The zero-order valence-electron chi connectivity index (χ0n) is 13.3. The lowest BCUT2D eigenvalue weighted by Crippen LogP contribution is -2.32. The van der Waals surface area contributed by atoms with Gasteiger partial charge in [0.25, 0.3) is 0 Å². The second-order valence-electron chi connectivity index (χ2n) is 6.29. The SMILES string of the molecule is O=C(CSc1nnc(NC2CC2)s1)N[C@H]1CCCc2ccccc21. The fourth-order valence-electron chi connectivity index (χ4n) is 3.00. The van der Waals surface area contributed by atoms with Crippen molar-refractivity contribution >= 4 is 34.1 Å². The quantitative estimate of drug-likeness (QED) is 0.773. The van der Waals surface area contributed by atoms with E-state index in [1.165, 1.54) is 47.1 Å². The highest BCUT2D eigenvalue weighted by molar-refractivity contribution is 8.01. The van der Waals surface area contributed by atoms with Crippen molar-refractivity contribution in [1.29, 1.82) is 0 Å². The van der Waals surface area contributed by atoms with Gasteiger partial charge in [-0.25, -0.2) is 0 Å². The third kappa shape index (κ3) is 3.89. The Hall–Kier alpha value is -1.60. The maximum Gasteiger partial charge on any atom is 0.230 e. The minimum absolute atomic E-state index is 0.0635. The molecule has 1 atom stereocenters. The van der Waals surface area contributed by atoms with Gasteiger partial charge in [-0.1, -0.05) is 47.4 Å². The van der Waals surface area contributed by atoms with Gasteiger partial charge in [0.1, 0.15) is 0 Å². The Labute approximate surface area is 149 Å². The molecule has 1 fully saturated rings. The van der Waals surface area contributed by atoms with Crippen LogP contribution in [0.3, 0.4) is 0 Å². The van der Waals surface area contributed by atoms with Gasteiger partial charge in [-0.2, -0.15) is 0 Å². The third-order valence-electron chi connectivity index (χ3n) is 4.34. The van der Waals surface area contributed by atoms with Crippen LogP contribution in [0.5, 0.6) is 0 Å². The molecular weight excluding hydrogens is 340 g/mol. The Balaban J connectivity index is 1.30. The highest BCUT2D eigenvalue weighted by Crippen LogP contribution is 2.31. The number of carbonyl (C=O) groups is 1. The average Bonchev–Trinajstić information content (AvgIpc) is 3.30. The lowest BCUT2D eigenvalue weighted by Gasteiger charge is -2.26. The number of carbonyl (C=O) groups excluding carboxylic acids is 1. The topological polar surface area (TPSA) is 66.9 Å². The van der Waals surface area contributed by atoms with Crippen LogP contribution in [0.2, 0.25) is 0 Å². The second kappa shape index (κ2) is 7.11. The maximum atomic E-state index is 12.3. The molecule has 0 radical (unpaired) electrons. The number of hydrogen-bond donors (Lipinski definition) is 2. The molecule has 1 aromatic heterocycles. The summed E-state index contributed by atoms with van der Waals surface area (Å²) in [5.41, 5.74) is 2.63. The average molecular weight is 361 g/mol. The van der Waals surface area contributed by atoms with Crippen molar-refractivity contribution in [2.75, 3.05) is 11.1 Å². The summed E-state index contributed by atoms with van der Waals surface area (Å²) in [7, 11) is 0. The molecule has 2 aliphatic rings. The first-order chi connectivity index (χ1) is 11.8. The number of nitrogens with one attached hydrogen (secondary N) is 2. The highest BCUT2D eigenvalue weighted by Gasteiger charge is 2.23. The van der Waals surface area contributed by atoms with Gasteiger partial charge in [-0.05, 0) is 43.2 Å². The Kier molecular flexibility index (Phi) is 4.71. The van der Waals surface area contributed by atoms with Gasteiger partial charge in [0.05, 0.1) is 11.8 Å². The van der Waals surface area contributed by atoms with E-state index in [0.29, 0.717) is 11.8 Å². The predicted octanol–water partition coefficient (Wildman–Crippen LogP) is 3.40. The summed E-state index contributed by atoms with van der Waals surface area (Å²) < 4.78 is 0.845. The summed E-state index contributed by atoms with van der Waals surface area (Å²) in [4.78, 5) is 12.3. The number of amides is 1. The van der Waals surface area contributed by atoms with Crippen molar-refractivity contribution in [3.05, 3.63) is 35.4 Å². The van der Waals surface area contributed by atoms with E-state index in [9.17, 15) is 4.79 Å². The lowest BCUT2D eigenvalue weighted by atomic mass is 9.88. The number of nitrogens with zero attached hydrogens (tertiary/aromatic N) is 2. The van der Waals surface area contributed by atoms with E-state index in [4.69, 9.17) is 0 Å². The van der Waals surface area contributed by atoms with E-state index in [1.807, 2.05) is 6.07 Å². The number of hydrogen-bond acceptors (Lipinski definition) is 6. The van der Waals surface area contributed by atoms with Gasteiger partial charge in [-0.15, -0.1) is 10.2 Å². The molecule has 1 heterocycles. The molecule has 5 nitrogen and oxygen atoms in total. The van der Waals surface area contributed by atoms with Crippen molar-refractivity contribution in [2.45, 2.75) is 48.5 Å². The normalized spacial score (nSPS) is 19.6. The first kappa shape index (κ1) is 15.9. The van der Waals surface area contributed by atoms with Crippen LogP contribution in [-0.2, 0) is 11.2 Å². The first-order valence-electron chi connectivity index (χ1n) is 8.38. The van der Waals surface area contributed by atoms with E-state index in [-0.39, 0.29) is 11.9 Å². The van der Waals surface area contributed by atoms with Crippen molar-refractivity contribution in [1.82, 2.24) is 15.5 Å². The van der Waals surface area contributed by atoms with Gasteiger partial charge >= 0.3 is 0 Å². The van der Waals surface area contributed by atoms with Gasteiger partial charge in [0, 0.05) is 6.04 Å². The standard InChI is InChI=1S/C17H20N4OS2/c22-15(10-23-17-21-20-16(24-17)18-12-8-9-12)19-14-7-3-5-11-4-1-2-6-13(11)14/h1-2,4,6,12,14H,3,5,7-10H2,(H,18,20)(H,19,22)/t14-/m0/s1. The molecule has 1 aromatic carbocycles. The number of aryl methyl sites for hydroxylation is 1. The van der Waals surface area contributed by atoms with Gasteiger partial charge < -0.3 is 10.6 Å². The molecule has 0 spiro atoms. The molecule has 0 saturated heterocycles. The van der Waals surface area contributed by atoms with E-state index in [0.717, 1.165) is 28.7 Å². The third-order valence-corrected chi connectivity index (χ3v) is 6.33. The number of fused-ring (bicyclic) bond motifs is 1. The summed E-state index contributed by atoms with van der Waals surface area (Å²) in [6, 6.07) is 9.13. The van der Waals surface area contributed by atoms with Crippen LogP contribution in [0, 0.1) is 0 Å². The molecule has 0 bridgehead atoms. The minimum atomic E-state index is 0.0635. The molecule has 4 rings (SSSR count). The second-order valence-corrected chi connectivity index (χ2v) is 8.49. The summed E-state index contributed by atoms with van der Waals surface area (Å²) in [5.74, 6) is 0.449. The van der Waals surface area contributed by atoms with Crippen LogP contribution in [0.4, 0.5) is 5.13 Å². The smallest absolute Gasteiger partial charge is 0.230 e. The molecule has 2 N–H and O–H groups in total. The van der Waals surface area contributed by atoms with Gasteiger partial charge in [0.15, 0.2) is 4.34 Å². The van der Waals surface area contributed by atoms with Crippen LogP contribution in [0.25, 0.3) is 0 Å². The monoisotopic (exact) mass is 360 g/mol. The minimum Gasteiger partial charge on any atom is -0.357 e. The zero-order valence-corrected chi connectivity index (χ0v) is 15.0. The van der Waals surface area contributed by atoms with E-state index >= 15 is 0 Å². The Morgan fingerprint density at radius 3 is 3.00 bits per heavy atom. The van der Waals surface area contributed by atoms with Gasteiger partial charge in [0.2, 0.25) is 11.0 Å². The van der Waals surface area contributed by atoms with Crippen molar-refractivity contribution in [3.63, 3.8) is 0 Å². The molecule has 0 unspecified atom stereocenters. The number of rotatable bonds is 6. The van der Waals surface area contributed by atoms with Crippen molar-refractivity contribution < 1.29 is 4.79 Å². The molecule has 7 heteroatoms. The Morgan fingerprint density at radius 2 is 2.12 bits per heavy atom. The number of benzene rings is 1. The van der Waals surface area contributed by atoms with Crippen molar-refractivity contribution in [2.24, 2.45) is 0 Å². The zero-order chi connectivity index (χ0) is 16.4. The number of thioether (sulfide) groups is 1. The maximum absolute atomic E-state index is 12.3. The van der Waals surface area contributed by atoms with E-state index < -0.39 is 0 Å². The van der Waals surface area contributed by atoms with Crippen LogP contribution in [0.15, 0.2) is 28.6 Å². The van der Waals surface area contributed by atoms with E-state index in [1.54, 1.807) is 0 Å². The predicted molar refractivity (Wildman–Crippen MR) is 97.5 cm³/mol. The first-order valence-corrected chi connectivity index (χ1v) is 10.2. The summed E-state index contributed by atoms with van der Waals surface area (Å²) in [5, 5.41) is 15.6. The van der Waals surface area contributed by atoms with Crippen LogP contribution < -0.4 is 10.6 Å². The molecule has 126 valence electrons. The molecule has 1 amide bonds. The van der Waals surface area contributed by atoms with Crippen LogP contribution in [-0.4, -0.2) is 27.9 Å². The lowest BCUT2D eigenvalue weighted by molar-refractivity contribution is -0.119. The van der Waals surface area contributed by atoms with Gasteiger partial charge in [-0.3, -0.25) is 4.79 Å². The number of anilines is 1. The fourth-order valence-corrected chi connectivity index (χ4v) is 4.64. The van der Waals surface area contributed by atoms with Crippen LogP contribution >= 0.6 is 23.1 Å². The number of aromatic nitrogens is 2. The fraction of sp³-hybridized carbons (Fsp3) is 0.471. The van der Waals surface area contributed by atoms with E-state index in [2.05, 4.69) is 39.0 Å². The largest absolute Gasteiger partial charge is 0.357 e. The van der Waals surface area contributed by atoms with Crippen molar-refractivity contribution in [3.8, 4) is 0 Å². The molecular formula is C17H20N4OS2. The summed E-state index contributed by atoms with van der Waals surface area (Å²) in [6.07, 6.45) is 5.68. The summed E-state index contributed by atoms with van der Waals surface area (Å²) >= 11 is 2.99. The Morgan fingerprint density at radius 1 is 1.25 bits per heavy atom. The molecule has 2 aliphatic carbocycles. The molecule has 2 aromatic rings. The molecule has 0 aliphatic heterocycles. The highest BCUT2D eigenvalue weighted by atomic mass is 32.2. The van der Waals surface area contributed by atoms with Crippen LogP contribution in [0.1, 0.15) is 42.9 Å². The molecule has 1 saturated carbocycles. The Bertz CT molecular complexity index is 729. The summed E-state index contributed by atoms with van der Waals surface area (Å²) in [6.45, 7) is 0.